The Kier molecular flexibility index (Phi) is 4.02. The van der Waals surface area contributed by atoms with E-state index in [0.717, 1.165) is 28.7 Å². The highest BCUT2D eigenvalue weighted by atomic mass is 79.9. The van der Waals surface area contributed by atoms with E-state index in [0.29, 0.717) is 10.9 Å². The second kappa shape index (κ2) is 5.85. The van der Waals surface area contributed by atoms with Crippen molar-refractivity contribution in [2.24, 2.45) is 14.1 Å². The molecule has 0 saturated carbocycles. The summed E-state index contributed by atoms with van der Waals surface area (Å²) in [5.41, 5.74) is 1.92. The fourth-order valence-corrected chi connectivity index (χ4v) is 3.35. The number of aryl methyl sites for hydroxylation is 2. The van der Waals surface area contributed by atoms with Gasteiger partial charge in [0.2, 0.25) is 0 Å². The average Bonchev–Trinajstić information content (AvgIpc) is 2.91. The fraction of sp³-hybridized carbons (Fsp3) is 0.294. The Morgan fingerprint density at radius 2 is 1.87 bits per heavy atom. The van der Waals surface area contributed by atoms with Crippen molar-refractivity contribution in [2.45, 2.75) is 19.9 Å². The van der Waals surface area contributed by atoms with E-state index >= 15 is 0 Å². The molecule has 6 heteroatoms. The van der Waals surface area contributed by atoms with Crippen LogP contribution in [0, 0.1) is 0 Å². The van der Waals surface area contributed by atoms with Crippen molar-refractivity contribution in [3.63, 3.8) is 0 Å². The van der Waals surface area contributed by atoms with Crippen LogP contribution in [0.15, 0.2) is 44.5 Å². The molecule has 1 aromatic carbocycles. The Balaban J connectivity index is 2.51. The maximum atomic E-state index is 12.7. The molecule has 0 aliphatic rings. The van der Waals surface area contributed by atoms with Crippen LogP contribution in [0.3, 0.4) is 0 Å². The molecule has 5 nitrogen and oxygen atoms in total. The van der Waals surface area contributed by atoms with E-state index in [1.54, 1.807) is 7.05 Å². The topological polar surface area (TPSA) is 48.9 Å². The van der Waals surface area contributed by atoms with E-state index in [1.165, 1.54) is 16.2 Å². The summed E-state index contributed by atoms with van der Waals surface area (Å²) in [5.74, 6) is 0. The highest BCUT2D eigenvalue weighted by Gasteiger charge is 2.18. The smallest absolute Gasteiger partial charge is 0.330 e. The maximum absolute atomic E-state index is 12.7. The summed E-state index contributed by atoms with van der Waals surface area (Å²) in [6.07, 6.45) is 2.84. The Hall–Kier alpha value is -2.08. The lowest BCUT2D eigenvalue weighted by Crippen LogP contribution is -2.36. The largest absolute Gasteiger partial charge is 0.345 e. The van der Waals surface area contributed by atoms with Crippen LogP contribution in [0.1, 0.15) is 13.3 Å². The van der Waals surface area contributed by atoms with Crippen LogP contribution in [0.25, 0.3) is 22.2 Å². The normalized spacial score (nSPS) is 11.3. The first-order valence-corrected chi connectivity index (χ1v) is 8.29. The number of rotatable bonds is 3. The van der Waals surface area contributed by atoms with E-state index in [9.17, 15) is 9.59 Å². The summed E-state index contributed by atoms with van der Waals surface area (Å²) in [6, 6.07) is 7.87. The monoisotopic (exact) mass is 375 g/mol. The van der Waals surface area contributed by atoms with E-state index in [2.05, 4.69) is 27.4 Å². The molecule has 23 heavy (non-hydrogen) atoms. The summed E-state index contributed by atoms with van der Waals surface area (Å²) in [6.45, 7) is 2.88. The lowest BCUT2D eigenvalue weighted by Gasteiger charge is -2.09. The highest BCUT2D eigenvalue weighted by molar-refractivity contribution is 9.10. The van der Waals surface area contributed by atoms with Gasteiger partial charge in [0.05, 0.1) is 16.6 Å². The molecule has 0 radical (unpaired) electrons. The molecule has 0 aliphatic heterocycles. The Labute approximate surface area is 141 Å². The third-order valence-electron chi connectivity index (χ3n) is 4.07. The zero-order valence-corrected chi connectivity index (χ0v) is 14.9. The van der Waals surface area contributed by atoms with Gasteiger partial charge in [-0.1, -0.05) is 35.0 Å². The Morgan fingerprint density at radius 3 is 2.52 bits per heavy atom. The first kappa shape index (κ1) is 15.8. The first-order valence-electron chi connectivity index (χ1n) is 7.50. The molecule has 3 rings (SSSR count). The number of fused-ring (bicyclic) bond motifs is 1. The summed E-state index contributed by atoms with van der Waals surface area (Å²) >= 11 is 3.49. The second-order valence-electron chi connectivity index (χ2n) is 5.65. The van der Waals surface area contributed by atoms with Crippen molar-refractivity contribution in [3.05, 3.63) is 55.8 Å². The van der Waals surface area contributed by atoms with Crippen molar-refractivity contribution < 1.29 is 0 Å². The van der Waals surface area contributed by atoms with Gasteiger partial charge in [0.1, 0.15) is 0 Å². The minimum absolute atomic E-state index is 0.257. The number of benzene rings is 1. The van der Waals surface area contributed by atoms with E-state index in [4.69, 9.17) is 0 Å². The van der Waals surface area contributed by atoms with Crippen molar-refractivity contribution in [3.8, 4) is 11.3 Å². The summed E-state index contributed by atoms with van der Waals surface area (Å²) in [4.78, 5) is 24.9. The molecule has 0 bridgehead atoms. The molecule has 2 heterocycles. The van der Waals surface area contributed by atoms with Crippen molar-refractivity contribution >= 4 is 26.8 Å². The SMILES string of the molecule is CCCn1cc2c(c1-c1cccc(Br)c1)c(=O)n(C)c(=O)n2C. The number of nitrogens with zero attached hydrogens (tertiary/aromatic N) is 3. The van der Waals surface area contributed by atoms with Gasteiger partial charge < -0.3 is 4.57 Å². The molecule has 0 amide bonds. The van der Waals surface area contributed by atoms with E-state index in [-0.39, 0.29) is 11.2 Å². The Bertz CT molecular complexity index is 1010. The van der Waals surface area contributed by atoms with Gasteiger partial charge in [0.15, 0.2) is 0 Å². The molecule has 3 aromatic rings. The number of halogens is 1. The molecule has 0 unspecified atom stereocenters. The predicted molar refractivity (Wildman–Crippen MR) is 95.8 cm³/mol. The van der Waals surface area contributed by atoms with Crippen LogP contribution < -0.4 is 11.2 Å². The zero-order valence-electron chi connectivity index (χ0n) is 13.3. The fourth-order valence-electron chi connectivity index (χ4n) is 2.95. The summed E-state index contributed by atoms with van der Waals surface area (Å²) in [5, 5.41) is 0.584. The van der Waals surface area contributed by atoms with Crippen molar-refractivity contribution in [2.75, 3.05) is 0 Å². The van der Waals surface area contributed by atoms with Crippen molar-refractivity contribution in [1.29, 1.82) is 0 Å². The van der Waals surface area contributed by atoms with Gasteiger partial charge in [-0.15, -0.1) is 0 Å². The highest BCUT2D eigenvalue weighted by Crippen LogP contribution is 2.29. The molecule has 0 aliphatic carbocycles. The number of hydrogen-bond acceptors (Lipinski definition) is 2. The number of aromatic nitrogens is 3. The maximum Gasteiger partial charge on any atom is 0.330 e. The molecule has 0 atom stereocenters. The molecule has 120 valence electrons. The summed E-state index contributed by atoms with van der Waals surface area (Å²) < 4.78 is 5.71. The third kappa shape index (κ3) is 2.47. The van der Waals surface area contributed by atoms with Crippen LogP contribution in [0.5, 0.6) is 0 Å². The minimum atomic E-state index is -0.308. The van der Waals surface area contributed by atoms with Crippen LogP contribution in [0.4, 0.5) is 0 Å². The van der Waals surface area contributed by atoms with Gasteiger partial charge in [-0.3, -0.25) is 13.9 Å². The van der Waals surface area contributed by atoms with Gasteiger partial charge in [-0.25, -0.2) is 4.79 Å². The molecule has 2 aromatic heterocycles. The zero-order chi connectivity index (χ0) is 16.7. The van der Waals surface area contributed by atoms with Crippen LogP contribution in [-0.4, -0.2) is 13.7 Å². The molecular formula is C17H18BrN3O2. The standard InChI is InChI=1S/C17H18BrN3O2/c1-4-8-21-10-13-14(16(22)20(3)17(23)19(13)2)15(21)11-6-5-7-12(18)9-11/h5-7,9-10H,4,8H2,1-3H3. The average molecular weight is 376 g/mol. The van der Waals surface area contributed by atoms with Gasteiger partial charge in [-0.05, 0) is 18.6 Å². The third-order valence-corrected chi connectivity index (χ3v) is 4.57. The molecular weight excluding hydrogens is 358 g/mol. The van der Waals surface area contributed by atoms with Gasteiger partial charge in [-0.2, -0.15) is 0 Å². The predicted octanol–water partition coefficient (Wildman–Crippen LogP) is 2.88. The van der Waals surface area contributed by atoms with Crippen LogP contribution in [-0.2, 0) is 20.6 Å². The van der Waals surface area contributed by atoms with Gasteiger partial charge in [0, 0.05) is 36.9 Å². The van der Waals surface area contributed by atoms with E-state index < -0.39 is 0 Å². The molecule has 0 saturated heterocycles. The van der Waals surface area contributed by atoms with Gasteiger partial charge in [0.25, 0.3) is 5.56 Å². The van der Waals surface area contributed by atoms with Gasteiger partial charge >= 0.3 is 5.69 Å². The van der Waals surface area contributed by atoms with Crippen LogP contribution in [0.2, 0.25) is 0 Å². The molecule has 0 N–H and O–H groups in total. The lowest BCUT2D eigenvalue weighted by molar-refractivity contribution is 0.689. The Morgan fingerprint density at radius 1 is 1.13 bits per heavy atom. The van der Waals surface area contributed by atoms with Crippen LogP contribution >= 0.6 is 15.9 Å². The minimum Gasteiger partial charge on any atom is -0.345 e. The molecule has 0 fully saturated rings. The summed E-state index contributed by atoms with van der Waals surface area (Å²) in [7, 11) is 3.22. The van der Waals surface area contributed by atoms with Crippen molar-refractivity contribution in [1.82, 2.24) is 13.7 Å². The lowest BCUT2D eigenvalue weighted by atomic mass is 10.1. The first-order chi connectivity index (χ1) is 11.0. The quantitative estimate of drug-likeness (QED) is 0.706. The second-order valence-corrected chi connectivity index (χ2v) is 6.56. The number of hydrogen-bond donors (Lipinski definition) is 0. The van der Waals surface area contributed by atoms with E-state index in [1.807, 2.05) is 30.5 Å². The molecule has 0 spiro atoms.